The number of benzene rings is 1. The molecule has 0 spiro atoms. The molecule has 0 unspecified atom stereocenters. The van der Waals surface area contributed by atoms with E-state index in [1.165, 1.54) is 0 Å². The summed E-state index contributed by atoms with van der Waals surface area (Å²) in [6.45, 7) is 10.8. The van der Waals surface area contributed by atoms with Crippen LogP contribution in [0.3, 0.4) is 0 Å². The number of halogens is 1. The number of hydrogen-bond acceptors (Lipinski definition) is 5. The van der Waals surface area contributed by atoms with Crippen LogP contribution in [0.2, 0.25) is 5.15 Å². The van der Waals surface area contributed by atoms with Crippen molar-refractivity contribution in [2.75, 3.05) is 19.7 Å². The number of aromatic nitrogens is 1. The highest BCUT2D eigenvalue weighted by atomic mass is 35.5. The van der Waals surface area contributed by atoms with Crippen LogP contribution < -0.4 is 10.1 Å². The van der Waals surface area contributed by atoms with Gasteiger partial charge in [-0.2, -0.15) is 0 Å². The van der Waals surface area contributed by atoms with E-state index in [1.54, 1.807) is 11.1 Å². The van der Waals surface area contributed by atoms with Crippen molar-refractivity contribution in [2.45, 2.75) is 45.8 Å². The van der Waals surface area contributed by atoms with Crippen LogP contribution in [0, 0.1) is 17.8 Å². The van der Waals surface area contributed by atoms with Crippen LogP contribution in [0.4, 0.5) is 4.79 Å². The maximum absolute atomic E-state index is 12.9. The highest BCUT2D eigenvalue weighted by Gasteiger charge is 2.61. The summed E-state index contributed by atoms with van der Waals surface area (Å²) in [5.41, 5.74) is -1.09. The van der Waals surface area contributed by atoms with E-state index in [-0.39, 0.29) is 36.4 Å². The summed E-state index contributed by atoms with van der Waals surface area (Å²) in [7, 11) is 0. The van der Waals surface area contributed by atoms with Crippen molar-refractivity contribution in [3.8, 4) is 5.75 Å². The number of fused-ring (bicyclic) bond motifs is 2. The highest BCUT2D eigenvalue weighted by Crippen LogP contribution is 2.52. The predicted molar refractivity (Wildman–Crippen MR) is 123 cm³/mol. The largest absolute Gasteiger partial charge is 0.489 e. The van der Waals surface area contributed by atoms with Gasteiger partial charge in [-0.1, -0.05) is 35.9 Å². The van der Waals surface area contributed by atoms with Gasteiger partial charge in [0.15, 0.2) is 0 Å². The van der Waals surface area contributed by atoms with Gasteiger partial charge in [0.25, 0.3) is 0 Å². The third kappa shape index (κ3) is 4.77. The van der Waals surface area contributed by atoms with Crippen LogP contribution >= 0.6 is 11.6 Å². The number of nitrogens with zero attached hydrogens (tertiary/aromatic N) is 2. The van der Waals surface area contributed by atoms with Crippen LogP contribution in [0.5, 0.6) is 5.75 Å². The molecule has 1 aliphatic heterocycles. The molecule has 2 fully saturated rings. The highest BCUT2D eigenvalue weighted by molar-refractivity contribution is 6.34. The fraction of sp³-hybridized carbons (Fsp3) is 0.542. The molecular weight excluding hydrogens is 430 g/mol. The van der Waals surface area contributed by atoms with Crippen LogP contribution in [-0.2, 0) is 9.53 Å². The van der Waals surface area contributed by atoms with E-state index in [0.717, 1.165) is 10.8 Å². The Morgan fingerprint density at radius 3 is 2.38 bits per heavy atom. The Morgan fingerprint density at radius 2 is 1.75 bits per heavy atom. The maximum Gasteiger partial charge on any atom is 0.410 e. The van der Waals surface area contributed by atoms with Crippen LogP contribution in [0.1, 0.15) is 34.6 Å². The molecule has 1 saturated heterocycles. The molecule has 4 rings (SSSR count). The molecule has 1 saturated carbocycles. The summed E-state index contributed by atoms with van der Waals surface area (Å²) in [5, 5.41) is 5.26. The van der Waals surface area contributed by atoms with Crippen molar-refractivity contribution in [2.24, 2.45) is 17.8 Å². The first-order valence-electron chi connectivity index (χ1n) is 10.9. The number of pyridine rings is 1. The molecule has 7 nitrogen and oxygen atoms in total. The zero-order chi connectivity index (χ0) is 23.3. The van der Waals surface area contributed by atoms with Crippen molar-refractivity contribution in [3.63, 3.8) is 0 Å². The molecular formula is C24H30ClN3O4. The van der Waals surface area contributed by atoms with E-state index in [9.17, 15) is 9.59 Å². The molecule has 1 aromatic heterocycles. The van der Waals surface area contributed by atoms with Crippen molar-refractivity contribution < 1.29 is 19.1 Å². The number of piperidine rings is 1. The second-order valence-corrected chi connectivity index (χ2v) is 10.7. The number of hydrogen-bond donors (Lipinski definition) is 1. The quantitative estimate of drug-likeness (QED) is 0.675. The molecule has 0 bridgehead atoms. The summed E-state index contributed by atoms with van der Waals surface area (Å²) in [5.74, 6) is 0.971. The van der Waals surface area contributed by atoms with E-state index in [0.29, 0.717) is 24.0 Å². The summed E-state index contributed by atoms with van der Waals surface area (Å²) >= 11 is 6.18. The van der Waals surface area contributed by atoms with Gasteiger partial charge in [0, 0.05) is 29.8 Å². The smallest absolute Gasteiger partial charge is 0.410 e. The van der Waals surface area contributed by atoms with Gasteiger partial charge in [0.2, 0.25) is 5.91 Å². The minimum atomic E-state index is -0.570. The third-order valence-corrected chi connectivity index (χ3v) is 6.21. The minimum Gasteiger partial charge on any atom is -0.489 e. The van der Waals surface area contributed by atoms with Crippen molar-refractivity contribution in [3.05, 3.63) is 35.6 Å². The maximum atomic E-state index is 12.9. The van der Waals surface area contributed by atoms with Crippen molar-refractivity contribution >= 4 is 34.4 Å². The molecule has 8 heteroatoms. The zero-order valence-electron chi connectivity index (χ0n) is 19.1. The number of nitrogens with one attached hydrogen (secondary N) is 1. The van der Waals surface area contributed by atoms with Gasteiger partial charge in [0.1, 0.15) is 23.1 Å². The standard InChI is InChI=1S/C24H30ClN3O4/c1-23(2,3)32-22(30)28-11-16-17(12-28)19(16)21(29)27-24(4,5)13-31-18-10-26-20(25)15-9-7-6-8-14(15)18/h6-10,16-17,19H,11-13H2,1-5H3,(H,27,29)/t16-,17+,19+. The Balaban J connectivity index is 1.31. The normalized spacial score (nSPS) is 22.4. The number of amides is 2. The molecule has 1 aliphatic carbocycles. The third-order valence-electron chi connectivity index (χ3n) is 5.91. The zero-order valence-corrected chi connectivity index (χ0v) is 19.9. The average Bonchev–Trinajstić information content (AvgIpc) is 3.20. The van der Waals surface area contributed by atoms with Gasteiger partial charge in [0.05, 0.1) is 11.7 Å². The SMILES string of the molecule is CC(C)(COc1cnc(Cl)c2ccccc12)NC(=O)[C@H]1[C@@H]2CN(C(=O)OC(C)(C)C)C[C@@H]21. The van der Waals surface area contributed by atoms with Gasteiger partial charge < -0.3 is 19.7 Å². The predicted octanol–water partition coefficient (Wildman–Crippen LogP) is 4.27. The molecule has 2 heterocycles. The van der Waals surface area contributed by atoms with Gasteiger partial charge in [-0.05, 0) is 46.5 Å². The first-order chi connectivity index (χ1) is 15.0. The lowest BCUT2D eigenvalue weighted by molar-refractivity contribution is -0.125. The number of rotatable bonds is 5. The number of carbonyl (C=O) groups is 2. The Morgan fingerprint density at radius 1 is 1.12 bits per heavy atom. The Labute approximate surface area is 193 Å². The van der Waals surface area contributed by atoms with Gasteiger partial charge in [-0.25, -0.2) is 9.78 Å². The second kappa shape index (κ2) is 8.10. The van der Waals surface area contributed by atoms with E-state index in [4.69, 9.17) is 21.1 Å². The number of carbonyl (C=O) groups excluding carboxylic acids is 2. The minimum absolute atomic E-state index is 0.0107. The fourth-order valence-corrected chi connectivity index (χ4v) is 4.56. The van der Waals surface area contributed by atoms with Crippen molar-refractivity contribution in [1.82, 2.24) is 15.2 Å². The van der Waals surface area contributed by atoms with E-state index >= 15 is 0 Å². The fourth-order valence-electron chi connectivity index (χ4n) is 4.35. The van der Waals surface area contributed by atoms with E-state index in [1.807, 2.05) is 58.9 Å². The Hall–Kier alpha value is -2.54. The lowest BCUT2D eigenvalue weighted by atomic mass is 10.1. The van der Waals surface area contributed by atoms with Gasteiger partial charge in [-0.15, -0.1) is 0 Å². The Kier molecular flexibility index (Phi) is 5.74. The molecule has 2 aliphatic rings. The van der Waals surface area contributed by atoms with Crippen LogP contribution in [-0.4, -0.2) is 52.7 Å². The molecule has 172 valence electrons. The first kappa shape index (κ1) is 22.6. The summed E-state index contributed by atoms with van der Waals surface area (Å²) in [6.07, 6.45) is 1.31. The molecule has 2 aromatic rings. The topological polar surface area (TPSA) is 80.8 Å². The summed E-state index contributed by atoms with van der Waals surface area (Å²) in [4.78, 5) is 31.0. The monoisotopic (exact) mass is 459 g/mol. The molecule has 1 N–H and O–H groups in total. The summed E-state index contributed by atoms with van der Waals surface area (Å²) < 4.78 is 11.5. The molecule has 2 amide bonds. The lowest BCUT2D eigenvalue weighted by Crippen LogP contribution is -2.49. The average molecular weight is 460 g/mol. The van der Waals surface area contributed by atoms with Gasteiger partial charge >= 0.3 is 6.09 Å². The van der Waals surface area contributed by atoms with Crippen molar-refractivity contribution in [1.29, 1.82) is 0 Å². The van der Waals surface area contributed by atoms with Crippen LogP contribution in [0.15, 0.2) is 30.5 Å². The van der Waals surface area contributed by atoms with E-state index in [2.05, 4.69) is 10.3 Å². The van der Waals surface area contributed by atoms with Gasteiger partial charge in [-0.3, -0.25) is 4.79 Å². The molecule has 1 aromatic carbocycles. The Bertz CT molecular complexity index is 1040. The molecule has 32 heavy (non-hydrogen) atoms. The number of likely N-dealkylation sites (tertiary alicyclic amines) is 1. The van der Waals surface area contributed by atoms with Crippen LogP contribution in [0.25, 0.3) is 10.8 Å². The first-order valence-corrected chi connectivity index (χ1v) is 11.3. The molecule has 3 atom stereocenters. The second-order valence-electron chi connectivity index (χ2n) is 10.4. The summed E-state index contributed by atoms with van der Waals surface area (Å²) in [6, 6.07) is 7.66. The lowest BCUT2D eigenvalue weighted by Gasteiger charge is -2.28. The number of ether oxygens (including phenoxy) is 2. The van der Waals surface area contributed by atoms with E-state index < -0.39 is 11.1 Å². The molecule has 0 radical (unpaired) electrons.